The SMILES string of the molecule is COCC(O)CNCc1cccc2[nH]ccc12. The Morgan fingerprint density at radius 2 is 2.29 bits per heavy atom. The summed E-state index contributed by atoms with van der Waals surface area (Å²) in [6, 6.07) is 8.24. The van der Waals surface area contributed by atoms with Gasteiger partial charge in [-0.15, -0.1) is 0 Å². The molecule has 0 saturated heterocycles. The van der Waals surface area contributed by atoms with Gasteiger partial charge in [0.2, 0.25) is 0 Å². The van der Waals surface area contributed by atoms with Crippen molar-refractivity contribution in [3.05, 3.63) is 36.0 Å². The molecule has 1 aromatic carbocycles. The summed E-state index contributed by atoms with van der Waals surface area (Å²) in [6.45, 7) is 1.64. The highest BCUT2D eigenvalue weighted by Crippen LogP contribution is 2.16. The molecule has 2 rings (SSSR count). The Bertz CT molecular complexity index is 467. The monoisotopic (exact) mass is 234 g/mol. The number of aromatic nitrogens is 1. The van der Waals surface area contributed by atoms with E-state index in [1.807, 2.05) is 12.3 Å². The van der Waals surface area contributed by atoms with Crippen molar-refractivity contribution in [3.8, 4) is 0 Å². The van der Waals surface area contributed by atoms with E-state index in [4.69, 9.17) is 4.74 Å². The van der Waals surface area contributed by atoms with Crippen LogP contribution >= 0.6 is 0 Å². The third-order valence-corrected chi connectivity index (χ3v) is 2.74. The maximum absolute atomic E-state index is 9.51. The second-order valence-corrected chi connectivity index (χ2v) is 4.10. The summed E-state index contributed by atoms with van der Waals surface area (Å²) in [7, 11) is 1.59. The van der Waals surface area contributed by atoms with Crippen molar-refractivity contribution in [2.24, 2.45) is 0 Å². The number of aromatic amines is 1. The zero-order valence-electron chi connectivity index (χ0n) is 9.94. The number of aliphatic hydroxyl groups is 1. The number of benzene rings is 1. The van der Waals surface area contributed by atoms with Crippen molar-refractivity contribution in [2.75, 3.05) is 20.3 Å². The van der Waals surface area contributed by atoms with Crippen LogP contribution in [0.4, 0.5) is 0 Å². The lowest BCUT2D eigenvalue weighted by molar-refractivity contribution is 0.0644. The van der Waals surface area contributed by atoms with Crippen LogP contribution in [0.2, 0.25) is 0 Å². The molecular formula is C13H18N2O2. The van der Waals surface area contributed by atoms with Crippen LogP contribution in [0.3, 0.4) is 0 Å². The molecule has 2 aromatic rings. The number of methoxy groups -OCH3 is 1. The molecule has 0 aliphatic rings. The van der Waals surface area contributed by atoms with Crippen LogP contribution in [0.25, 0.3) is 10.9 Å². The Kier molecular flexibility index (Phi) is 4.14. The molecule has 1 aromatic heterocycles. The highest BCUT2D eigenvalue weighted by atomic mass is 16.5. The van der Waals surface area contributed by atoms with E-state index in [0.29, 0.717) is 13.2 Å². The first-order valence-electron chi connectivity index (χ1n) is 5.74. The largest absolute Gasteiger partial charge is 0.389 e. The summed E-state index contributed by atoms with van der Waals surface area (Å²) in [5.41, 5.74) is 2.37. The molecule has 0 aliphatic heterocycles. The molecule has 0 spiro atoms. The van der Waals surface area contributed by atoms with Gasteiger partial charge in [0.25, 0.3) is 0 Å². The number of aliphatic hydroxyl groups excluding tert-OH is 1. The van der Waals surface area contributed by atoms with Gasteiger partial charge >= 0.3 is 0 Å². The zero-order chi connectivity index (χ0) is 12.1. The van der Waals surface area contributed by atoms with Gasteiger partial charge in [-0.05, 0) is 17.7 Å². The second-order valence-electron chi connectivity index (χ2n) is 4.10. The third kappa shape index (κ3) is 3.06. The van der Waals surface area contributed by atoms with Gasteiger partial charge in [0.05, 0.1) is 12.7 Å². The predicted octanol–water partition coefficient (Wildman–Crippen LogP) is 1.26. The van der Waals surface area contributed by atoms with Gasteiger partial charge in [0.15, 0.2) is 0 Å². The quantitative estimate of drug-likeness (QED) is 0.705. The van der Waals surface area contributed by atoms with Gasteiger partial charge in [-0.2, -0.15) is 0 Å². The lowest BCUT2D eigenvalue weighted by Gasteiger charge is -2.11. The molecule has 17 heavy (non-hydrogen) atoms. The van der Waals surface area contributed by atoms with Gasteiger partial charge in [-0.3, -0.25) is 0 Å². The standard InChI is InChI=1S/C13H18N2O2/c1-17-9-11(16)8-14-7-10-3-2-4-13-12(10)5-6-15-13/h2-6,11,14-16H,7-9H2,1H3. The molecule has 0 amide bonds. The summed E-state index contributed by atoms with van der Waals surface area (Å²) in [5, 5.41) is 14.0. The molecule has 1 atom stereocenters. The predicted molar refractivity (Wildman–Crippen MR) is 67.9 cm³/mol. The summed E-state index contributed by atoms with van der Waals surface area (Å²) in [4.78, 5) is 3.18. The van der Waals surface area contributed by atoms with Crippen molar-refractivity contribution in [3.63, 3.8) is 0 Å². The molecular weight excluding hydrogens is 216 g/mol. The molecule has 4 nitrogen and oxygen atoms in total. The van der Waals surface area contributed by atoms with Crippen molar-refractivity contribution in [1.29, 1.82) is 0 Å². The molecule has 1 unspecified atom stereocenters. The smallest absolute Gasteiger partial charge is 0.0897 e. The van der Waals surface area contributed by atoms with Crippen LogP contribution in [0.15, 0.2) is 30.5 Å². The van der Waals surface area contributed by atoms with Crippen LogP contribution in [0.1, 0.15) is 5.56 Å². The van der Waals surface area contributed by atoms with Gasteiger partial charge in [-0.1, -0.05) is 12.1 Å². The molecule has 0 aliphatic carbocycles. The van der Waals surface area contributed by atoms with Crippen LogP contribution in [-0.2, 0) is 11.3 Å². The number of hydrogen-bond donors (Lipinski definition) is 3. The van der Waals surface area contributed by atoms with Crippen LogP contribution in [0.5, 0.6) is 0 Å². The number of ether oxygens (including phenoxy) is 1. The highest BCUT2D eigenvalue weighted by molar-refractivity contribution is 5.82. The van der Waals surface area contributed by atoms with E-state index in [1.165, 1.54) is 10.9 Å². The first kappa shape index (κ1) is 12.1. The van der Waals surface area contributed by atoms with E-state index in [2.05, 4.69) is 28.5 Å². The number of nitrogens with one attached hydrogen (secondary N) is 2. The van der Waals surface area contributed by atoms with E-state index in [-0.39, 0.29) is 0 Å². The van der Waals surface area contributed by atoms with Crippen LogP contribution in [0, 0.1) is 0 Å². The fourth-order valence-electron chi connectivity index (χ4n) is 1.93. The number of H-pyrrole nitrogens is 1. The minimum atomic E-state index is -0.453. The second kappa shape index (κ2) is 5.82. The molecule has 3 N–H and O–H groups in total. The Morgan fingerprint density at radius 3 is 3.12 bits per heavy atom. The third-order valence-electron chi connectivity index (χ3n) is 2.74. The van der Waals surface area contributed by atoms with Crippen molar-refractivity contribution >= 4 is 10.9 Å². The summed E-state index contributed by atoms with van der Waals surface area (Å²) in [6.07, 6.45) is 1.49. The number of fused-ring (bicyclic) bond motifs is 1. The van der Waals surface area contributed by atoms with Crippen molar-refractivity contribution in [1.82, 2.24) is 10.3 Å². The molecule has 0 radical (unpaired) electrons. The molecule has 0 fully saturated rings. The van der Waals surface area contributed by atoms with E-state index < -0.39 is 6.10 Å². The Labute approximate surface area is 101 Å². The van der Waals surface area contributed by atoms with E-state index >= 15 is 0 Å². The average molecular weight is 234 g/mol. The van der Waals surface area contributed by atoms with Crippen molar-refractivity contribution < 1.29 is 9.84 Å². The van der Waals surface area contributed by atoms with Crippen molar-refractivity contribution in [2.45, 2.75) is 12.6 Å². The fraction of sp³-hybridized carbons (Fsp3) is 0.385. The maximum Gasteiger partial charge on any atom is 0.0897 e. The van der Waals surface area contributed by atoms with Gasteiger partial charge in [-0.25, -0.2) is 0 Å². The lowest BCUT2D eigenvalue weighted by atomic mass is 10.1. The molecule has 4 heteroatoms. The maximum atomic E-state index is 9.51. The first-order chi connectivity index (χ1) is 8.31. The van der Waals surface area contributed by atoms with E-state index in [9.17, 15) is 5.11 Å². The minimum absolute atomic E-state index is 0.362. The van der Waals surface area contributed by atoms with Crippen LogP contribution in [-0.4, -0.2) is 36.5 Å². The molecule has 92 valence electrons. The highest BCUT2D eigenvalue weighted by Gasteiger charge is 2.04. The number of hydrogen-bond acceptors (Lipinski definition) is 3. The summed E-state index contributed by atoms with van der Waals surface area (Å²) in [5.74, 6) is 0. The van der Waals surface area contributed by atoms with Gasteiger partial charge < -0.3 is 20.1 Å². The normalized spacial score (nSPS) is 13.1. The zero-order valence-corrected chi connectivity index (χ0v) is 9.94. The fourth-order valence-corrected chi connectivity index (χ4v) is 1.93. The van der Waals surface area contributed by atoms with E-state index in [1.54, 1.807) is 7.11 Å². The molecule has 1 heterocycles. The Balaban J connectivity index is 1.92. The Morgan fingerprint density at radius 1 is 1.41 bits per heavy atom. The van der Waals surface area contributed by atoms with Crippen LogP contribution < -0.4 is 5.32 Å². The van der Waals surface area contributed by atoms with E-state index in [0.717, 1.165) is 12.1 Å². The first-order valence-corrected chi connectivity index (χ1v) is 5.74. The molecule has 0 saturated carbocycles. The summed E-state index contributed by atoms with van der Waals surface area (Å²) >= 11 is 0. The topological polar surface area (TPSA) is 57.3 Å². The molecule has 0 bridgehead atoms. The average Bonchev–Trinajstić information content (AvgIpc) is 2.78. The lowest BCUT2D eigenvalue weighted by Crippen LogP contribution is -2.29. The minimum Gasteiger partial charge on any atom is -0.389 e. The van der Waals surface area contributed by atoms with Gasteiger partial charge in [0.1, 0.15) is 0 Å². The van der Waals surface area contributed by atoms with Gasteiger partial charge in [0, 0.05) is 37.3 Å². The number of rotatable bonds is 6. The Hall–Kier alpha value is -1.36. The summed E-state index contributed by atoms with van der Waals surface area (Å²) < 4.78 is 4.87.